The molecule has 28 heavy (non-hydrogen) atoms. The molecule has 1 N–H and O–H groups in total. The molecule has 2 aromatic rings. The summed E-state index contributed by atoms with van der Waals surface area (Å²) in [5.74, 6) is -0.332. The number of nitriles is 1. The number of carbonyl (C=O) groups is 2. The number of allylic oxidation sites excluding steroid dienone is 1. The van der Waals surface area contributed by atoms with Gasteiger partial charge in [0.05, 0.1) is 18.7 Å². The number of hydrogen-bond acceptors (Lipinski definition) is 6. The van der Waals surface area contributed by atoms with Gasteiger partial charge in [-0.05, 0) is 42.8 Å². The number of methoxy groups -OCH3 is 1. The van der Waals surface area contributed by atoms with E-state index in [2.05, 4.69) is 5.32 Å². The van der Waals surface area contributed by atoms with Crippen molar-refractivity contribution in [3.05, 3.63) is 59.7 Å². The maximum Gasteiger partial charge on any atom is 0.344 e. The second kappa shape index (κ2) is 10.4. The largest absolute Gasteiger partial charge is 0.493 e. The fourth-order valence-corrected chi connectivity index (χ4v) is 2.29. The number of nitrogens with zero attached hydrogens (tertiary/aromatic N) is 1. The van der Waals surface area contributed by atoms with Crippen molar-refractivity contribution in [1.29, 1.82) is 5.26 Å². The molecule has 0 saturated carbocycles. The topological polar surface area (TPSA) is 97.6 Å². The molecule has 2 aromatic carbocycles. The predicted molar refractivity (Wildman–Crippen MR) is 104 cm³/mol. The number of benzene rings is 2. The molecule has 0 unspecified atom stereocenters. The lowest BCUT2D eigenvalue weighted by Gasteiger charge is -2.11. The van der Waals surface area contributed by atoms with Crippen LogP contribution in [0.3, 0.4) is 0 Å². The number of carbonyl (C=O) groups excluding carboxylic acids is 2. The van der Waals surface area contributed by atoms with Crippen LogP contribution >= 0.6 is 0 Å². The predicted octanol–water partition coefficient (Wildman–Crippen LogP) is 3.16. The van der Waals surface area contributed by atoms with Crippen molar-refractivity contribution in [2.75, 3.05) is 25.6 Å². The van der Waals surface area contributed by atoms with Crippen molar-refractivity contribution in [1.82, 2.24) is 0 Å². The Morgan fingerprint density at radius 3 is 2.68 bits per heavy atom. The number of esters is 1. The molecule has 0 aromatic heterocycles. The minimum atomic E-state index is -0.694. The van der Waals surface area contributed by atoms with Gasteiger partial charge < -0.3 is 19.5 Å². The molecule has 1 amide bonds. The summed E-state index contributed by atoms with van der Waals surface area (Å²) < 4.78 is 15.6. The lowest BCUT2D eigenvalue weighted by molar-refractivity contribution is -0.149. The summed E-state index contributed by atoms with van der Waals surface area (Å²) >= 11 is 0. The number of ether oxygens (including phenoxy) is 3. The van der Waals surface area contributed by atoms with E-state index in [0.717, 1.165) is 5.56 Å². The van der Waals surface area contributed by atoms with Crippen molar-refractivity contribution >= 4 is 23.6 Å². The highest BCUT2D eigenvalue weighted by molar-refractivity contribution is 5.93. The molecule has 0 spiro atoms. The zero-order valence-electron chi connectivity index (χ0n) is 15.6. The lowest BCUT2D eigenvalue weighted by Crippen LogP contribution is -2.23. The summed E-state index contributed by atoms with van der Waals surface area (Å²) in [6.07, 6.45) is 3.81. The number of rotatable bonds is 8. The molecule has 2 rings (SSSR count). The van der Waals surface area contributed by atoms with Crippen LogP contribution in [-0.2, 0) is 14.3 Å². The van der Waals surface area contributed by atoms with Gasteiger partial charge in [-0.25, -0.2) is 4.79 Å². The zero-order chi connectivity index (χ0) is 20.4. The first-order valence-electron chi connectivity index (χ1n) is 8.45. The van der Waals surface area contributed by atoms with E-state index in [9.17, 15) is 9.59 Å². The highest BCUT2D eigenvalue weighted by Crippen LogP contribution is 2.28. The standard InChI is InChI=1S/C21H20N2O5/c1-3-5-15-8-9-18(19(11-15)26-2)27-14-21(25)28-13-20(24)23-17-7-4-6-16(10-17)12-22/h3-11H,13-14H2,1-2H3,(H,23,24)/b5-3+. The maximum absolute atomic E-state index is 11.9. The van der Waals surface area contributed by atoms with Crippen molar-refractivity contribution in [3.8, 4) is 17.6 Å². The SMILES string of the molecule is C/C=C/c1ccc(OCC(=O)OCC(=O)Nc2cccc(C#N)c2)c(OC)c1. The number of amides is 1. The van der Waals surface area contributed by atoms with Gasteiger partial charge in [0.15, 0.2) is 24.7 Å². The minimum Gasteiger partial charge on any atom is -0.493 e. The van der Waals surface area contributed by atoms with E-state index in [1.54, 1.807) is 30.3 Å². The van der Waals surface area contributed by atoms with Crippen LogP contribution in [-0.4, -0.2) is 32.2 Å². The Kier molecular flexibility index (Phi) is 7.61. The van der Waals surface area contributed by atoms with E-state index in [0.29, 0.717) is 22.7 Å². The molecule has 0 atom stereocenters. The average Bonchev–Trinajstić information content (AvgIpc) is 2.71. The smallest absolute Gasteiger partial charge is 0.344 e. The molecule has 0 bridgehead atoms. The highest BCUT2D eigenvalue weighted by Gasteiger charge is 2.11. The van der Waals surface area contributed by atoms with E-state index >= 15 is 0 Å². The molecule has 0 aliphatic rings. The average molecular weight is 380 g/mol. The molecule has 7 nitrogen and oxygen atoms in total. The summed E-state index contributed by atoms with van der Waals surface area (Å²) in [5, 5.41) is 11.4. The van der Waals surface area contributed by atoms with E-state index in [-0.39, 0.29) is 6.61 Å². The summed E-state index contributed by atoms with van der Waals surface area (Å²) in [7, 11) is 1.51. The second-order valence-electron chi connectivity index (χ2n) is 5.60. The van der Waals surface area contributed by atoms with Crippen LogP contribution in [0.2, 0.25) is 0 Å². The molecule has 0 aliphatic carbocycles. The second-order valence-corrected chi connectivity index (χ2v) is 5.60. The van der Waals surface area contributed by atoms with Gasteiger partial charge in [-0.2, -0.15) is 5.26 Å². The molecule has 0 fully saturated rings. The maximum atomic E-state index is 11.9. The Morgan fingerprint density at radius 2 is 1.96 bits per heavy atom. The van der Waals surface area contributed by atoms with Crippen LogP contribution in [0, 0.1) is 11.3 Å². The summed E-state index contributed by atoms with van der Waals surface area (Å²) in [6.45, 7) is 1.08. The minimum absolute atomic E-state index is 0.365. The van der Waals surface area contributed by atoms with Crippen LogP contribution in [0.15, 0.2) is 48.5 Å². The molecule has 0 heterocycles. The van der Waals surface area contributed by atoms with Gasteiger partial charge in [0.1, 0.15) is 0 Å². The van der Waals surface area contributed by atoms with E-state index in [1.807, 2.05) is 31.2 Å². The van der Waals surface area contributed by atoms with E-state index in [1.165, 1.54) is 13.2 Å². The third-order valence-electron chi connectivity index (χ3n) is 3.53. The van der Waals surface area contributed by atoms with Crippen LogP contribution in [0.4, 0.5) is 5.69 Å². The van der Waals surface area contributed by atoms with Crippen LogP contribution in [0.1, 0.15) is 18.1 Å². The first-order valence-corrected chi connectivity index (χ1v) is 8.45. The van der Waals surface area contributed by atoms with Gasteiger partial charge in [0.25, 0.3) is 5.91 Å². The van der Waals surface area contributed by atoms with Crippen molar-refractivity contribution in [3.63, 3.8) is 0 Å². The van der Waals surface area contributed by atoms with Crippen molar-refractivity contribution in [2.24, 2.45) is 0 Å². The number of anilines is 1. The van der Waals surface area contributed by atoms with Gasteiger partial charge in [0.2, 0.25) is 0 Å². The van der Waals surface area contributed by atoms with Crippen LogP contribution in [0.5, 0.6) is 11.5 Å². The summed E-state index contributed by atoms with van der Waals surface area (Å²) in [4.78, 5) is 23.7. The molecular weight excluding hydrogens is 360 g/mol. The number of hydrogen-bond donors (Lipinski definition) is 1. The molecule has 144 valence electrons. The van der Waals surface area contributed by atoms with Crippen LogP contribution in [0.25, 0.3) is 6.08 Å². The first kappa shape index (κ1) is 20.5. The summed E-state index contributed by atoms with van der Waals surface area (Å²) in [5.41, 5.74) is 1.80. The number of nitrogens with one attached hydrogen (secondary N) is 1. The van der Waals surface area contributed by atoms with Gasteiger partial charge in [0, 0.05) is 5.69 Å². The van der Waals surface area contributed by atoms with Crippen molar-refractivity contribution < 1.29 is 23.8 Å². The Morgan fingerprint density at radius 1 is 1.14 bits per heavy atom. The molecular formula is C21H20N2O5. The van der Waals surface area contributed by atoms with Crippen LogP contribution < -0.4 is 14.8 Å². The molecule has 0 radical (unpaired) electrons. The van der Waals surface area contributed by atoms with E-state index < -0.39 is 18.5 Å². The van der Waals surface area contributed by atoms with Gasteiger partial charge in [-0.15, -0.1) is 0 Å². The fraction of sp³-hybridized carbons (Fsp3) is 0.190. The third kappa shape index (κ3) is 6.18. The third-order valence-corrected chi connectivity index (χ3v) is 3.53. The molecule has 7 heteroatoms. The van der Waals surface area contributed by atoms with Gasteiger partial charge >= 0.3 is 5.97 Å². The monoisotopic (exact) mass is 380 g/mol. The lowest BCUT2D eigenvalue weighted by atomic mass is 10.2. The van der Waals surface area contributed by atoms with Gasteiger partial charge in [-0.3, -0.25) is 4.79 Å². The zero-order valence-corrected chi connectivity index (χ0v) is 15.6. The Bertz CT molecular complexity index is 915. The van der Waals surface area contributed by atoms with Crippen molar-refractivity contribution in [2.45, 2.75) is 6.92 Å². The Labute approximate surface area is 163 Å². The fourth-order valence-electron chi connectivity index (χ4n) is 2.29. The summed E-state index contributed by atoms with van der Waals surface area (Å²) in [6, 6.07) is 13.7. The highest BCUT2D eigenvalue weighted by atomic mass is 16.6. The quantitative estimate of drug-likeness (QED) is 0.707. The Balaban J connectivity index is 1.82. The molecule has 0 saturated heterocycles. The van der Waals surface area contributed by atoms with E-state index in [4.69, 9.17) is 19.5 Å². The first-order chi connectivity index (χ1) is 13.5. The van der Waals surface area contributed by atoms with Gasteiger partial charge in [-0.1, -0.05) is 24.3 Å². The Hall–Kier alpha value is -3.79. The normalized spacial score (nSPS) is 10.2. The molecule has 0 aliphatic heterocycles.